The normalized spacial score (nSPS) is 13.2. The molecule has 100 valence electrons. The molecule has 0 aliphatic carbocycles. The highest BCUT2D eigenvalue weighted by molar-refractivity contribution is 5.52. The van der Waals surface area contributed by atoms with Crippen LogP contribution in [-0.4, -0.2) is 16.4 Å². The first-order chi connectivity index (χ1) is 9.15. The number of fused-ring (bicyclic) bond motifs is 1. The summed E-state index contributed by atoms with van der Waals surface area (Å²) in [5.41, 5.74) is 5.96. The van der Waals surface area contributed by atoms with E-state index in [1.54, 1.807) is 0 Å². The molecule has 2 aromatic rings. The minimum atomic E-state index is 0.813. The third-order valence-electron chi connectivity index (χ3n) is 3.73. The van der Waals surface area contributed by atoms with Crippen LogP contribution in [0.4, 0.5) is 5.69 Å². The highest BCUT2D eigenvalue weighted by atomic mass is 16.5. The van der Waals surface area contributed by atoms with Gasteiger partial charge < -0.3 is 10.1 Å². The summed E-state index contributed by atoms with van der Waals surface area (Å²) in [5, 5.41) is 7.90. The second kappa shape index (κ2) is 4.61. The number of nitrogens with zero attached hydrogens (tertiary/aromatic N) is 2. The maximum absolute atomic E-state index is 5.52. The molecule has 1 aliphatic heterocycles. The van der Waals surface area contributed by atoms with Crippen LogP contribution >= 0.6 is 0 Å². The molecule has 0 fully saturated rings. The van der Waals surface area contributed by atoms with Gasteiger partial charge in [0.25, 0.3) is 0 Å². The Morgan fingerprint density at radius 2 is 2.21 bits per heavy atom. The zero-order valence-corrected chi connectivity index (χ0v) is 11.7. The summed E-state index contributed by atoms with van der Waals surface area (Å²) in [7, 11) is 1.97. The first-order valence-corrected chi connectivity index (χ1v) is 6.64. The number of rotatable bonds is 3. The molecule has 0 radical (unpaired) electrons. The fourth-order valence-corrected chi connectivity index (χ4v) is 2.57. The van der Waals surface area contributed by atoms with Crippen LogP contribution in [-0.2, 0) is 20.0 Å². The molecule has 0 amide bonds. The second-order valence-electron chi connectivity index (χ2n) is 5.06. The molecule has 1 aromatic carbocycles. The lowest BCUT2D eigenvalue weighted by Crippen LogP contribution is -2.02. The highest BCUT2D eigenvalue weighted by Crippen LogP contribution is 2.26. The summed E-state index contributed by atoms with van der Waals surface area (Å²) in [5.74, 6) is 1.04. The smallest absolute Gasteiger partial charge is 0.122 e. The van der Waals surface area contributed by atoms with Crippen molar-refractivity contribution in [2.75, 3.05) is 11.9 Å². The maximum atomic E-state index is 5.52. The van der Waals surface area contributed by atoms with Gasteiger partial charge in [0.15, 0.2) is 0 Å². The van der Waals surface area contributed by atoms with Crippen LogP contribution in [0.15, 0.2) is 18.2 Å². The first-order valence-electron chi connectivity index (χ1n) is 6.64. The predicted molar refractivity (Wildman–Crippen MR) is 75.6 cm³/mol. The molecule has 2 heterocycles. The van der Waals surface area contributed by atoms with Crippen LogP contribution in [0.2, 0.25) is 0 Å². The van der Waals surface area contributed by atoms with Gasteiger partial charge in [0, 0.05) is 20.0 Å². The number of hydrogen-bond acceptors (Lipinski definition) is 3. The number of nitrogens with one attached hydrogen (secondary N) is 1. The van der Waals surface area contributed by atoms with E-state index in [0.29, 0.717) is 0 Å². The number of anilines is 1. The Morgan fingerprint density at radius 1 is 1.37 bits per heavy atom. The van der Waals surface area contributed by atoms with Crippen LogP contribution in [0.5, 0.6) is 5.75 Å². The van der Waals surface area contributed by atoms with E-state index in [9.17, 15) is 0 Å². The van der Waals surface area contributed by atoms with Crippen molar-refractivity contribution in [3.05, 3.63) is 40.7 Å². The number of benzene rings is 1. The molecule has 0 saturated carbocycles. The molecule has 0 unspecified atom stereocenters. The maximum Gasteiger partial charge on any atom is 0.122 e. The zero-order valence-electron chi connectivity index (χ0n) is 11.7. The monoisotopic (exact) mass is 257 g/mol. The Hall–Kier alpha value is -1.97. The van der Waals surface area contributed by atoms with Crippen molar-refractivity contribution >= 4 is 5.69 Å². The molecular weight excluding hydrogens is 238 g/mol. The minimum absolute atomic E-state index is 0.813. The Kier molecular flexibility index (Phi) is 2.93. The fraction of sp³-hybridized carbons (Fsp3) is 0.400. The largest absolute Gasteiger partial charge is 0.493 e. The molecule has 3 rings (SSSR count). The lowest BCUT2D eigenvalue weighted by Gasteiger charge is -2.08. The van der Waals surface area contributed by atoms with Crippen LogP contribution in [0, 0.1) is 13.8 Å². The Balaban J connectivity index is 1.76. The van der Waals surface area contributed by atoms with Crippen LogP contribution in [0.1, 0.15) is 22.5 Å². The average Bonchev–Trinajstić information content (AvgIpc) is 2.94. The van der Waals surface area contributed by atoms with E-state index in [1.807, 2.05) is 18.7 Å². The Labute approximate surface area is 113 Å². The van der Waals surface area contributed by atoms with Gasteiger partial charge in [-0.3, -0.25) is 4.68 Å². The van der Waals surface area contributed by atoms with E-state index >= 15 is 0 Å². The zero-order chi connectivity index (χ0) is 13.4. The lowest BCUT2D eigenvalue weighted by molar-refractivity contribution is 0.357. The van der Waals surface area contributed by atoms with Crippen molar-refractivity contribution in [1.82, 2.24) is 9.78 Å². The topological polar surface area (TPSA) is 39.1 Å². The Morgan fingerprint density at radius 3 is 2.95 bits per heavy atom. The quantitative estimate of drug-likeness (QED) is 0.918. The van der Waals surface area contributed by atoms with Gasteiger partial charge in [0.05, 0.1) is 23.7 Å². The molecule has 4 nitrogen and oxygen atoms in total. The lowest BCUT2D eigenvalue weighted by atomic mass is 10.1. The van der Waals surface area contributed by atoms with E-state index < -0.39 is 0 Å². The van der Waals surface area contributed by atoms with Crippen molar-refractivity contribution < 1.29 is 4.74 Å². The van der Waals surface area contributed by atoms with Crippen LogP contribution < -0.4 is 10.1 Å². The summed E-state index contributed by atoms with van der Waals surface area (Å²) in [6.45, 7) is 5.75. The SMILES string of the molecule is Cc1nn(C)c(C)c1NCc1ccc2c(c1)CCO2. The summed E-state index contributed by atoms with van der Waals surface area (Å²) in [6, 6.07) is 6.43. The minimum Gasteiger partial charge on any atom is -0.493 e. The number of ether oxygens (including phenoxy) is 1. The first kappa shape index (κ1) is 12.1. The molecule has 1 aliphatic rings. The standard InChI is InChI=1S/C15H19N3O/c1-10-15(11(2)18(3)17-10)16-9-12-4-5-14-13(8-12)6-7-19-14/h4-5,8,16H,6-7,9H2,1-3H3. The third kappa shape index (κ3) is 2.18. The molecule has 1 N–H and O–H groups in total. The van der Waals surface area contributed by atoms with Crippen molar-refractivity contribution in [1.29, 1.82) is 0 Å². The number of hydrogen-bond donors (Lipinski definition) is 1. The van der Waals surface area contributed by atoms with E-state index in [4.69, 9.17) is 4.74 Å². The van der Waals surface area contributed by atoms with E-state index in [1.165, 1.54) is 16.8 Å². The molecule has 0 bridgehead atoms. The van der Waals surface area contributed by atoms with E-state index in [0.717, 1.165) is 36.7 Å². The van der Waals surface area contributed by atoms with Crippen molar-refractivity contribution in [3.63, 3.8) is 0 Å². The molecule has 0 atom stereocenters. The van der Waals surface area contributed by atoms with Gasteiger partial charge in [0.2, 0.25) is 0 Å². The second-order valence-corrected chi connectivity index (χ2v) is 5.06. The van der Waals surface area contributed by atoms with Crippen LogP contribution in [0.25, 0.3) is 0 Å². The molecule has 1 aromatic heterocycles. The molecule has 4 heteroatoms. The van der Waals surface area contributed by atoms with Gasteiger partial charge in [-0.15, -0.1) is 0 Å². The van der Waals surface area contributed by atoms with Gasteiger partial charge in [-0.2, -0.15) is 5.10 Å². The van der Waals surface area contributed by atoms with Crippen LogP contribution in [0.3, 0.4) is 0 Å². The molecule has 0 spiro atoms. The number of aromatic nitrogens is 2. The van der Waals surface area contributed by atoms with Gasteiger partial charge in [-0.25, -0.2) is 0 Å². The summed E-state index contributed by atoms with van der Waals surface area (Å²) in [6.07, 6.45) is 1.02. The van der Waals surface area contributed by atoms with Gasteiger partial charge in [-0.05, 0) is 31.0 Å². The van der Waals surface area contributed by atoms with Crippen molar-refractivity contribution in [2.45, 2.75) is 26.8 Å². The van der Waals surface area contributed by atoms with E-state index in [2.05, 4.69) is 35.5 Å². The molecule has 0 saturated heterocycles. The van der Waals surface area contributed by atoms with Gasteiger partial charge in [0.1, 0.15) is 5.75 Å². The summed E-state index contributed by atoms with van der Waals surface area (Å²) < 4.78 is 7.43. The van der Waals surface area contributed by atoms with Crippen molar-refractivity contribution in [3.8, 4) is 5.75 Å². The Bertz CT molecular complexity index is 616. The van der Waals surface area contributed by atoms with Gasteiger partial charge >= 0.3 is 0 Å². The predicted octanol–water partition coefficient (Wildman–Crippen LogP) is 2.58. The third-order valence-corrected chi connectivity index (χ3v) is 3.73. The number of aryl methyl sites for hydroxylation is 2. The highest BCUT2D eigenvalue weighted by Gasteiger charge is 2.13. The van der Waals surface area contributed by atoms with Gasteiger partial charge in [-0.1, -0.05) is 12.1 Å². The fourth-order valence-electron chi connectivity index (χ4n) is 2.57. The average molecular weight is 257 g/mol. The molecule has 19 heavy (non-hydrogen) atoms. The summed E-state index contributed by atoms with van der Waals surface area (Å²) in [4.78, 5) is 0. The van der Waals surface area contributed by atoms with Crippen molar-refractivity contribution in [2.24, 2.45) is 7.05 Å². The molecular formula is C15H19N3O. The van der Waals surface area contributed by atoms with E-state index in [-0.39, 0.29) is 0 Å². The summed E-state index contributed by atoms with van der Waals surface area (Å²) >= 11 is 0.